The van der Waals surface area contributed by atoms with Crippen LogP contribution in [0, 0.1) is 0 Å². The van der Waals surface area contributed by atoms with Crippen LogP contribution in [-0.2, 0) is 6.42 Å². The van der Waals surface area contributed by atoms with Crippen molar-refractivity contribution in [2.75, 3.05) is 13.1 Å². The summed E-state index contributed by atoms with van der Waals surface area (Å²) in [6.45, 7) is 3.47. The van der Waals surface area contributed by atoms with Crippen molar-refractivity contribution in [2.45, 2.75) is 19.3 Å². The second kappa shape index (κ2) is 4.60. The fraction of sp³-hybridized carbons (Fsp3) is 0.556. The number of thiophene rings is 1. The molecule has 0 aliphatic heterocycles. The minimum Gasteiger partial charge on any atom is -0.330 e. The van der Waals surface area contributed by atoms with Gasteiger partial charge in [0.05, 0.1) is 0 Å². The van der Waals surface area contributed by atoms with Gasteiger partial charge in [-0.2, -0.15) is 0 Å². The molecule has 0 atom stereocenters. The Morgan fingerprint density at radius 3 is 2.58 bits per heavy atom. The van der Waals surface area contributed by atoms with E-state index >= 15 is 0 Å². The molecule has 4 N–H and O–H groups in total. The molecule has 1 heterocycles. The summed E-state index contributed by atoms with van der Waals surface area (Å²) in [5.74, 6) is 0.353. The molecule has 12 heavy (non-hydrogen) atoms. The summed E-state index contributed by atoms with van der Waals surface area (Å²) in [4.78, 5) is 1.43. The lowest BCUT2D eigenvalue weighted by atomic mass is 9.99. The normalized spacial score (nSPS) is 11.0. The highest BCUT2D eigenvalue weighted by Crippen LogP contribution is 2.24. The zero-order chi connectivity index (χ0) is 8.97. The lowest BCUT2D eigenvalue weighted by Crippen LogP contribution is -2.21. The van der Waals surface area contributed by atoms with Crippen molar-refractivity contribution in [1.29, 1.82) is 0 Å². The van der Waals surface area contributed by atoms with Crippen molar-refractivity contribution in [3.8, 4) is 0 Å². The van der Waals surface area contributed by atoms with Crippen LogP contribution >= 0.6 is 11.3 Å². The Morgan fingerprint density at radius 2 is 2.08 bits per heavy atom. The van der Waals surface area contributed by atoms with Crippen molar-refractivity contribution in [3.63, 3.8) is 0 Å². The highest BCUT2D eigenvalue weighted by atomic mass is 32.1. The van der Waals surface area contributed by atoms with Crippen LogP contribution in [0.3, 0.4) is 0 Å². The van der Waals surface area contributed by atoms with Crippen LogP contribution in [0.2, 0.25) is 0 Å². The Hall–Kier alpha value is -0.380. The monoisotopic (exact) mass is 184 g/mol. The van der Waals surface area contributed by atoms with Crippen molar-refractivity contribution in [1.82, 2.24) is 0 Å². The molecule has 0 aromatic carbocycles. The third kappa shape index (κ3) is 1.86. The molecule has 3 heteroatoms. The lowest BCUT2D eigenvalue weighted by molar-refractivity contribution is 0.704. The van der Waals surface area contributed by atoms with Crippen molar-refractivity contribution in [2.24, 2.45) is 11.5 Å². The zero-order valence-corrected chi connectivity index (χ0v) is 8.23. The molecule has 0 bridgehead atoms. The predicted molar refractivity (Wildman–Crippen MR) is 54.5 cm³/mol. The molecule has 0 unspecified atom stereocenters. The van der Waals surface area contributed by atoms with Crippen LogP contribution in [0.15, 0.2) is 11.4 Å². The molecule has 0 saturated carbocycles. The Bertz CT molecular complexity index is 228. The zero-order valence-electron chi connectivity index (χ0n) is 7.42. The van der Waals surface area contributed by atoms with Gasteiger partial charge in [0.25, 0.3) is 0 Å². The standard InChI is InChI=1S/C9H16N2S/c1-2-9-8(3-4-12-9)7(5-10)6-11/h3-4,7H,2,5-6,10-11H2,1H3. The molecule has 0 saturated heterocycles. The maximum Gasteiger partial charge on any atom is 0.00950 e. The SMILES string of the molecule is CCc1sccc1C(CN)CN. The number of aryl methyl sites for hydroxylation is 1. The minimum atomic E-state index is 0.353. The molecular formula is C9H16N2S. The van der Waals surface area contributed by atoms with Crippen LogP contribution in [0.25, 0.3) is 0 Å². The molecule has 0 amide bonds. The summed E-state index contributed by atoms with van der Waals surface area (Å²) in [6.07, 6.45) is 1.09. The maximum absolute atomic E-state index is 5.62. The van der Waals surface area contributed by atoms with Gasteiger partial charge in [0.2, 0.25) is 0 Å². The smallest absolute Gasteiger partial charge is 0.00950 e. The summed E-state index contributed by atoms with van der Waals surface area (Å²) in [5.41, 5.74) is 12.6. The first-order chi connectivity index (χ1) is 5.83. The Kier molecular flexibility index (Phi) is 3.72. The van der Waals surface area contributed by atoms with E-state index in [9.17, 15) is 0 Å². The van der Waals surface area contributed by atoms with Crippen LogP contribution in [0.4, 0.5) is 0 Å². The quantitative estimate of drug-likeness (QED) is 0.741. The van der Waals surface area contributed by atoms with Crippen LogP contribution in [-0.4, -0.2) is 13.1 Å². The Morgan fingerprint density at radius 1 is 1.42 bits per heavy atom. The van der Waals surface area contributed by atoms with Gasteiger partial charge in [-0.3, -0.25) is 0 Å². The van der Waals surface area contributed by atoms with Crippen LogP contribution in [0.1, 0.15) is 23.3 Å². The summed E-state index contributed by atoms with van der Waals surface area (Å²) in [6, 6.07) is 2.15. The first-order valence-electron chi connectivity index (χ1n) is 4.29. The van der Waals surface area contributed by atoms with E-state index in [0.29, 0.717) is 19.0 Å². The molecule has 1 aromatic heterocycles. The van der Waals surface area contributed by atoms with Gasteiger partial charge in [0.1, 0.15) is 0 Å². The van der Waals surface area contributed by atoms with E-state index in [1.54, 1.807) is 11.3 Å². The number of hydrogen-bond acceptors (Lipinski definition) is 3. The third-order valence-electron chi connectivity index (χ3n) is 2.11. The minimum absolute atomic E-state index is 0.353. The summed E-state index contributed by atoms with van der Waals surface area (Å²) >= 11 is 1.80. The van der Waals surface area contributed by atoms with E-state index in [4.69, 9.17) is 11.5 Å². The van der Waals surface area contributed by atoms with Crippen molar-refractivity contribution < 1.29 is 0 Å². The van der Waals surface area contributed by atoms with Gasteiger partial charge in [0, 0.05) is 23.9 Å². The predicted octanol–water partition coefficient (Wildman–Crippen LogP) is 1.31. The van der Waals surface area contributed by atoms with Crippen molar-refractivity contribution in [3.05, 3.63) is 21.9 Å². The molecule has 1 rings (SSSR count). The van der Waals surface area contributed by atoms with Gasteiger partial charge < -0.3 is 11.5 Å². The summed E-state index contributed by atoms with van der Waals surface area (Å²) in [7, 11) is 0. The molecule has 0 aliphatic rings. The molecule has 0 spiro atoms. The molecule has 0 aliphatic carbocycles. The van der Waals surface area contributed by atoms with Gasteiger partial charge in [-0.05, 0) is 23.4 Å². The maximum atomic E-state index is 5.62. The van der Waals surface area contributed by atoms with E-state index in [0.717, 1.165) is 6.42 Å². The van der Waals surface area contributed by atoms with E-state index in [1.807, 2.05) is 0 Å². The molecular weight excluding hydrogens is 168 g/mol. The molecule has 68 valence electrons. The fourth-order valence-corrected chi connectivity index (χ4v) is 2.27. The second-order valence-electron chi connectivity index (χ2n) is 2.82. The summed E-state index contributed by atoms with van der Waals surface area (Å²) in [5, 5.41) is 2.12. The van der Waals surface area contributed by atoms with E-state index in [-0.39, 0.29) is 0 Å². The lowest BCUT2D eigenvalue weighted by Gasteiger charge is -2.12. The van der Waals surface area contributed by atoms with Gasteiger partial charge in [-0.15, -0.1) is 11.3 Å². The number of nitrogens with two attached hydrogens (primary N) is 2. The Labute approximate surface area is 77.6 Å². The van der Waals surface area contributed by atoms with Gasteiger partial charge in [-0.1, -0.05) is 6.92 Å². The highest BCUT2D eigenvalue weighted by molar-refractivity contribution is 7.10. The molecule has 0 fully saturated rings. The van der Waals surface area contributed by atoms with Gasteiger partial charge in [-0.25, -0.2) is 0 Å². The van der Waals surface area contributed by atoms with Gasteiger partial charge >= 0.3 is 0 Å². The fourth-order valence-electron chi connectivity index (χ4n) is 1.35. The number of hydrogen-bond donors (Lipinski definition) is 2. The number of rotatable bonds is 4. The van der Waals surface area contributed by atoms with E-state index < -0.39 is 0 Å². The molecule has 0 radical (unpaired) electrons. The van der Waals surface area contributed by atoms with Crippen LogP contribution < -0.4 is 11.5 Å². The largest absolute Gasteiger partial charge is 0.330 e. The average Bonchev–Trinajstić information content (AvgIpc) is 2.55. The highest BCUT2D eigenvalue weighted by Gasteiger charge is 2.11. The summed E-state index contributed by atoms with van der Waals surface area (Å²) < 4.78 is 0. The molecule has 1 aromatic rings. The second-order valence-corrected chi connectivity index (χ2v) is 3.82. The third-order valence-corrected chi connectivity index (χ3v) is 3.19. The average molecular weight is 184 g/mol. The molecule has 2 nitrogen and oxygen atoms in total. The Balaban J connectivity index is 2.83. The topological polar surface area (TPSA) is 52.0 Å². The first kappa shape index (κ1) is 9.71. The van der Waals surface area contributed by atoms with E-state index in [2.05, 4.69) is 18.4 Å². The first-order valence-corrected chi connectivity index (χ1v) is 5.17. The van der Waals surface area contributed by atoms with Crippen molar-refractivity contribution >= 4 is 11.3 Å². The van der Waals surface area contributed by atoms with Crippen LogP contribution in [0.5, 0.6) is 0 Å². The van der Waals surface area contributed by atoms with E-state index in [1.165, 1.54) is 10.4 Å². The van der Waals surface area contributed by atoms with Gasteiger partial charge in [0.15, 0.2) is 0 Å².